The maximum Gasteiger partial charge on any atom is 0.133 e. The van der Waals surface area contributed by atoms with E-state index in [-0.39, 0.29) is 5.78 Å². The van der Waals surface area contributed by atoms with Crippen LogP contribution in [-0.4, -0.2) is 10.8 Å². The van der Waals surface area contributed by atoms with E-state index in [1.807, 2.05) is 12.1 Å². The largest absolute Gasteiger partial charge is 0.300 e. The number of aromatic nitrogens is 1. The van der Waals surface area contributed by atoms with E-state index in [0.29, 0.717) is 25.7 Å². The molecule has 1 aliphatic rings. The van der Waals surface area contributed by atoms with Crippen molar-refractivity contribution in [2.75, 3.05) is 0 Å². The van der Waals surface area contributed by atoms with Crippen molar-refractivity contribution in [2.24, 2.45) is 0 Å². The minimum Gasteiger partial charge on any atom is -0.300 e. The molecule has 1 heterocycles. The van der Waals surface area contributed by atoms with Crippen molar-refractivity contribution in [1.82, 2.24) is 4.98 Å². The van der Waals surface area contributed by atoms with E-state index in [9.17, 15) is 10.1 Å². The molecule has 2 rings (SSSR count). The molecular weight excluding hydrogens is 188 g/mol. The molecule has 0 unspecified atom stereocenters. The maximum absolute atomic E-state index is 11.2. The lowest BCUT2D eigenvalue weighted by atomic mass is 9.71. The molecule has 3 heteroatoms. The first-order valence-electron chi connectivity index (χ1n) is 5.10. The zero-order valence-corrected chi connectivity index (χ0v) is 8.44. The molecule has 0 atom stereocenters. The van der Waals surface area contributed by atoms with Gasteiger partial charge in [-0.1, -0.05) is 6.07 Å². The summed E-state index contributed by atoms with van der Waals surface area (Å²) in [6, 6.07) is 6.12. The van der Waals surface area contributed by atoms with Crippen molar-refractivity contribution in [2.45, 2.75) is 31.1 Å². The van der Waals surface area contributed by atoms with Crippen LogP contribution in [0.5, 0.6) is 0 Å². The first kappa shape index (κ1) is 9.85. The second-order valence-electron chi connectivity index (χ2n) is 3.97. The normalized spacial score (nSPS) is 19.5. The van der Waals surface area contributed by atoms with E-state index in [0.717, 1.165) is 5.56 Å². The molecule has 0 spiro atoms. The SMILES string of the molecule is N#CC1(c2cccnc2)CCC(=O)CC1. The van der Waals surface area contributed by atoms with Crippen LogP contribution in [0.1, 0.15) is 31.2 Å². The molecule has 0 N–H and O–H groups in total. The maximum atomic E-state index is 11.2. The fourth-order valence-corrected chi connectivity index (χ4v) is 2.07. The van der Waals surface area contributed by atoms with Crippen LogP contribution >= 0.6 is 0 Å². The molecule has 1 aliphatic carbocycles. The molecule has 1 saturated carbocycles. The molecule has 1 aromatic heterocycles. The summed E-state index contributed by atoms with van der Waals surface area (Å²) in [5.74, 6) is 0.268. The van der Waals surface area contributed by atoms with Gasteiger partial charge in [-0.3, -0.25) is 9.78 Å². The third-order valence-electron chi connectivity index (χ3n) is 3.09. The minimum atomic E-state index is -0.484. The quantitative estimate of drug-likeness (QED) is 0.696. The molecule has 0 radical (unpaired) electrons. The smallest absolute Gasteiger partial charge is 0.133 e. The number of Topliss-reactive ketones (excluding diaryl/α,β-unsaturated/α-hetero) is 1. The lowest BCUT2D eigenvalue weighted by Crippen LogP contribution is -2.30. The first-order valence-corrected chi connectivity index (χ1v) is 5.10. The monoisotopic (exact) mass is 200 g/mol. The van der Waals surface area contributed by atoms with Gasteiger partial charge in [-0.2, -0.15) is 5.26 Å². The molecule has 0 aliphatic heterocycles. The summed E-state index contributed by atoms with van der Waals surface area (Å²) >= 11 is 0. The van der Waals surface area contributed by atoms with E-state index in [2.05, 4.69) is 11.1 Å². The van der Waals surface area contributed by atoms with E-state index >= 15 is 0 Å². The summed E-state index contributed by atoms with van der Waals surface area (Å²) in [4.78, 5) is 15.2. The predicted octanol–water partition coefficient (Wildman–Crippen LogP) is 1.99. The number of carbonyl (C=O) groups excluding carboxylic acids is 1. The van der Waals surface area contributed by atoms with Gasteiger partial charge in [-0.05, 0) is 24.5 Å². The average molecular weight is 200 g/mol. The zero-order chi connectivity index (χ0) is 10.7. The van der Waals surface area contributed by atoms with Crippen molar-refractivity contribution >= 4 is 5.78 Å². The Morgan fingerprint density at radius 2 is 2.13 bits per heavy atom. The Labute approximate surface area is 88.8 Å². The Morgan fingerprint density at radius 3 is 2.67 bits per heavy atom. The summed E-state index contributed by atoms with van der Waals surface area (Å²) in [6.45, 7) is 0. The molecule has 0 bridgehead atoms. The molecule has 0 aromatic carbocycles. The van der Waals surface area contributed by atoms with Gasteiger partial charge in [-0.15, -0.1) is 0 Å². The predicted molar refractivity (Wildman–Crippen MR) is 55.0 cm³/mol. The van der Waals surface area contributed by atoms with Gasteiger partial charge >= 0.3 is 0 Å². The third kappa shape index (κ3) is 1.75. The molecule has 1 aromatic rings. The number of hydrogen-bond donors (Lipinski definition) is 0. The average Bonchev–Trinajstić information content (AvgIpc) is 2.32. The highest BCUT2D eigenvalue weighted by Crippen LogP contribution is 2.37. The van der Waals surface area contributed by atoms with Crippen molar-refractivity contribution < 1.29 is 4.79 Å². The third-order valence-corrected chi connectivity index (χ3v) is 3.09. The Hall–Kier alpha value is -1.69. The van der Waals surface area contributed by atoms with Crippen molar-refractivity contribution in [3.8, 4) is 6.07 Å². The van der Waals surface area contributed by atoms with Gasteiger partial charge in [0.15, 0.2) is 0 Å². The second-order valence-corrected chi connectivity index (χ2v) is 3.97. The van der Waals surface area contributed by atoms with Gasteiger partial charge in [0.2, 0.25) is 0 Å². The lowest BCUT2D eigenvalue weighted by molar-refractivity contribution is -0.120. The topological polar surface area (TPSA) is 53.8 Å². The molecule has 3 nitrogen and oxygen atoms in total. The van der Waals surface area contributed by atoms with Gasteiger partial charge < -0.3 is 0 Å². The van der Waals surface area contributed by atoms with Crippen LogP contribution in [0.15, 0.2) is 24.5 Å². The summed E-state index contributed by atoms with van der Waals surface area (Å²) in [6.07, 6.45) is 5.73. The Kier molecular flexibility index (Phi) is 2.51. The number of carbonyl (C=O) groups is 1. The number of nitriles is 1. The lowest BCUT2D eigenvalue weighted by Gasteiger charge is -2.29. The fourth-order valence-electron chi connectivity index (χ4n) is 2.07. The van der Waals surface area contributed by atoms with Crippen LogP contribution in [0.2, 0.25) is 0 Å². The Morgan fingerprint density at radius 1 is 1.40 bits per heavy atom. The molecular formula is C12H12N2O. The van der Waals surface area contributed by atoms with E-state index < -0.39 is 5.41 Å². The summed E-state index contributed by atoms with van der Waals surface area (Å²) < 4.78 is 0. The molecule has 0 amide bonds. The molecule has 76 valence electrons. The fraction of sp³-hybridized carbons (Fsp3) is 0.417. The van der Waals surface area contributed by atoms with Crippen LogP contribution < -0.4 is 0 Å². The van der Waals surface area contributed by atoms with Gasteiger partial charge in [0.1, 0.15) is 5.78 Å². The first-order chi connectivity index (χ1) is 7.27. The van der Waals surface area contributed by atoms with E-state index in [4.69, 9.17) is 0 Å². The van der Waals surface area contributed by atoms with Crippen LogP contribution in [0.4, 0.5) is 0 Å². The van der Waals surface area contributed by atoms with E-state index in [1.165, 1.54) is 0 Å². The van der Waals surface area contributed by atoms with Crippen molar-refractivity contribution in [1.29, 1.82) is 5.26 Å². The highest BCUT2D eigenvalue weighted by atomic mass is 16.1. The van der Waals surface area contributed by atoms with Gasteiger partial charge in [0.05, 0.1) is 11.5 Å². The number of pyridine rings is 1. The number of nitrogens with zero attached hydrogens (tertiary/aromatic N) is 2. The minimum absolute atomic E-state index is 0.268. The number of ketones is 1. The molecule has 0 saturated heterocycles. The Bertz CT molecular complexity index is 395. The second kappa shape index (κ2) is 3.82. The number of hydrogen-bond acceptors (Lipinski definition) is 3. The summed E-state index contributed by atoms with van der Waals surface area (Å²) in [7, 11) is 0. The molecule has 1 fully saturated rings. The standard InChI is InChI=1S/C12H12N2O/c13-9-12(5-3-11(15)4-6-12)10-2-1-7-14-8-10/h1-2,7-8H,3-6H2. The Balaban J connectivity index is 2.32. The highest BCUT2D eigenvalue weighted by molar-refractivity contribution is 5.80. The van der Waals surface area contributed by atoms with Crippen LogP contribution in [-0.2, 0) is 10.2 Å². The van der Waals surface area contributed by atoms with Gasteiger partial charge in [-0.25, -0.2) is 0 Å². The summed E-state index contributed by atoms with van der Waals surface area (Å²) in [5.41, 5.74) is 0.460. The van der Waals surface area contributed by atoms with Crippen LogP contribution in [0, 0.1) is 11.3 Å². The highest BCUT2D eigenvalue weighted by Gasteiger charge is 2.36. The molecule has 15 heavy (non-hydrogen) atoms. The van der Waals surface area contributed by atoms with Gasteiger partial charge in [0, 0.05) is 25.2 Å². The van der Waals surface area contributed by atoms with Crippen molar-refractivity contribution in [3.05, 3.63) is 30.1 Å². The summed E-state index contributed by atoms with van der Waals surface area (Å²) in [5, 5.41) is 9.29. The van der Waals surface area contributed by atoms with E-state index in [1.54, 1.807) is 12.4 Å². The van der Waals surface area contributed by atoms with Crippen molar-refractivity contribution in [3.63, 3.8) is 0 Å². The zero-order valence-electron chi connectivity index (χ0n) is 8.44. The van der Waals surface area contributed by atoms with Crippen LogP contribution in [0.3, 0.4) is 0 Å². The number of rotatable bonds is 1. The van der Waals surface area contributed by atoms with Crippen LogP contribution in [0.25, 0.3) is 0 Å². The van der Waals surface area contributed by atoms with Gasteiger partial charge in [0.25, 0.3) is 0 Å².